The number of aryl methyl sites for hydroxylation is 1. The van der Waals surface area contributed by atoms with E-state index >= 15 is 0 Å². The van der Waals surface area contributed by atoms with Crippen LogP contribution in [0.4, 0.5) is 0 Å². The molecule has 0 aliphatic rings. The van der Waals surface area contributed by atoms with Gasteiger partial charge in [0.25, 0.3) is 0 Å². The summed E-state index contributed by atoms with van der Waals surface area (Å²) in [6.07, 6.45) is 9.72. The zero-order chi connectivity index (χ0) is 60.9. The van der Waals surface area contributed by atoms with Gasteiger partial charge >= 0.3 is 0 Å². The first-order valence-corrected chi connectivity index (χ1v) is 32.3. The molecular formula is C66H73BrN6O10S2. The number of ketones is 4. The summed E-state index contributed by atoms with van der Waals surface area (Å²) < 4.78 is 62.1. The topological polar surface area (TPSA) is 243 Å². The van der Waals surface area contributed by atoms with Gasteiger partial charge in [-0.3, -0.25) is 19.2 Å². The molecule has 2 aromatic heterocycles. The van der Waals surface area contributed by atoms with E-state index in [0.717, 1.165) is 111 Å². The van der Waals surface area contributed by atoms with Crippen molar-refractivity contribution in [2.45, 2.75) is 114 Å². The summed E-state index contributed by atoms with van der Waals surface area (Å²) in [7, 11) is -7.60. The van der Waals surface area contributed by atoms with E-state index in [1.54, 1.807) is 33.6 Å². The van der Waals surface area contributed by atoms with Gasteiger partial charge in [0.2, 0.25) is 20.0 Å². The molecule has 0 saturated carbocycles. The fraction of sp³-hybridized carbons (Fsp3) is 0.303. The van der Waals surface area contributed by atoms with Gasteiger partial charge in [0.05, 0.1) is 43.9 Å². The van der Waals surface area contributed by atoms with Crippen LogP contribution in [-0.4, -0.2) is 86.0 Å². The van der Waals surface area contributed by atoms with E-state index in [1.165, 1.54) is 24.3 Å². The van der Waals surface area contributed by atoms with Crippen molar-refractivity contribution in [1.82, 2.24) is 19.6 Å². The maximum absolute atomic E-state index is 12.4. The van der Waals surface area contributed by atoms with Crippen LogP contribution in [0.25, 0.3) is 33.9 Å². The third-order valence-corrected chi connectivity index (χ3v) is 16.3. The van der Waals surface area contributed by atoms with Crippen molar-refractivity contribution in [2.75, 3.05) is 26.4 Å². The molecule has 8 rings (SSSR count). The second kappa shape index (κ2) is 31.7. The molecule has 0 aliphatic carbocycles. The molecule has 0 fully saturated rings. The molecule has 2 heterocycles. The summed E-state index contributed by atoms with van der Waals surface area (Å²) in [4.78, 5) is 48.5. The number of rotatable bonds is 31. The molecule has 4 N–H and O–H groups in total. The highest BCUT2D eigenvalue weighted by atomic mass is 79.9. The molecule has 0 aliphatic heterocycles. The number of nitrogens with two attached hydrogens (primary N) is 2. The number of primary sulfonamides is 2. The van der Waals surface area contributed by atoms with Crippen LogP contribution in [-0.2, 0) is 74.4 Å². The van der Waals surface area contributed by atoms with Gasteiger partial charge in [-0.2, -0.15) is 10.2 Å². The van der Waals surface area contributed by atoms with Crippen LogP contribution < -0.4 is 10.3 Å². The number of ether oxygens (including phenoxy) is 2. The minimum Gasteiger partial charge on any atom is -0.366 e. The predicted octanol–water partition coefficient (Wildman–Crippen LogP) is 11.6. The Balaban J connectivity index is 0.000000244. The van der Waals surface area contributed by atoms with Crippen molar-refractivity contribution >= 4 is 59.1 Å². The van der Waals surface area contributed by atoms with Crippen molar-refractivity contribution in [3.63, 3.8) is 0 Å². The number of carbonyl (C=O) groups is 4. The normalized spacial score (nSPS) is 11.5. The Morgan fingerprint density at radius 3 is 1.20 bits per heavy atom. The van der Waals surface area contributed by atoms with Crippen molar-refractivity contribution in [3.8, 4) is 33.9 Å². The van der Waals surface area contributed by atoms with E-state index in [1.807, 2.05) is 116 Å². The van der Waals surface area contributed by atoms with Gasteiger partial charge in [0, 0.05) is 54.1 Å². The summed E-state index contributed by atoms with van der Waals surface area (Å²) in [5.41, 5.74) is 11.7. The zero-order valence-corrected chi connectivity index (χ0v) is 51.5. The van der Waals surface area contributed by atoms with Crippen LogP contribution in [0.1, 0.15) is 111 Å². The van der Waals surface area contributed by atoms with Gasteiger partial charge in [-0.25, -0.2) is 36.5 Å². The standard InChI is InChI=1S/C33H36BrN3O5S.C33H37N3O5S/c1-2-3-4-5-6-30(38)22-42-23-31(39)20-25-9-7-24(8-10-25)19-28-21-33(26-11-13-27(34)14-12-26)37(36-28)29-15-17-32(18-16-29)43(35,40)41;1-3-4-5-6-30(37)22-41-23-31(38)20-26-11-9-25(10-12-26)19-28-21-33(27-13-7-24(2)8-14-27)36(35-28)29-15-17-32(18-16-29)42(34,39)40/h7-18,21H,2-6,19-20,22-23H2,1H3,(H2,35,40,41);7-18,21H,3-6,19-20,22-23H2,1-2H3,(H2,34,39,40). The highest BCUT2D eigenvalue weighted by molar-refractivity contribution is 9.10. The molecule has 6 aromatic carbocycles. The quantitative estimate of drug-likeness (QED) is 0.0386. The fourth-order valence-electron chi connectivity index (χ4n) is 9.29. The average molecular weight is 1250 g/mol. The Morgan fingerprint density at radius 2 is 0.812 bits per heavy atom. The Bertz CT molecular complexity index is 3740. The molecule has 0 unspecified atom stereocenters. The summed E-state index contributed by atoms with van der Waals surface area (Å²) in [6, 6.07) is 48.2. The van der Waals surface area contributed by atoms with E-state index in [9.17, 15) is 36.0 Å². The molecule has 0 atom stereocenters. The lowest BCUT2D eigenvalue weighted by atomic mass is 10.0. The molecule has 19 heteroatoms. The lowest BCUT2D eigenvalue weighted by Crippen LogP contribution is -2.16. The van der Waals surface area contributed by atoms with Gasteiger partial charge in [-0.05, 0) is 115 Å². The first-order valence-electron chi connectivity index (χ1n) is 28.4. The Labute approximate surface area is 507 Å². The lowest BCUT2D eigenvalue weighted by Gasteiger charge is -2.09. The first-order chi connectivity index (χ1) is 40.7. The maximum Gasteiger partial charge on any atom is 0.238 e. The number of unbranched alkanes of at least 4 members (excludes halogenated alkanes) is 5. The first kappa shape index (κ1) is 65.2. The SMILES string of the molecule is CCCCCC(=O)COCC(=O)Cc1ccc(Cc2cc(-c3ccc(C)cc3)n(-c3ccc(S(N)(=O)=O)cc3)n2)cc1.CCCCCCC(=O)COCC(=O)Cc1ccc(Cc2cc(-c3ccc(Br)cc3)n(-c3ccc(S(N)(=O)=O)cc3)n2)cc1. The van der Waals surface area contributed by atoms with Crippen LogP contribution in [0.15, 0.2) is 172 Å². The number of sulfonamides is 2. The van der Waals surface area contributed by atoms with Crippen LogP contribution in [0.3, 0.4) is 0 Å². The number of nitrogens with zero attached hydrogens (tertiary/aromatic N) is 4. The number of benzene rings is 6. The Morgan fingerprint density at radius 1 is 0.459 bits per heavy atom. The summed E-state index contributed by atoms with van der Waals surface area (Å²) in [6.45, 7) is 6.08. The van der Waals surface area contributed by atoms with Gasteiger partial charge in [-0.1, -0.05) is 152 Å². The van der Waals surface area contributed by atoms with E-state index < -0.39 is 20.0 Å². The largest absolute Gasteiger partial charge is 0.366 e. The van der Waals surface area contributed by atoms with Gasteiger partial charge < -0.3 is 9.47 Å². The van der Waals surface area contributed by atoms with E-state index in [4.69, 9.17) is 29.9 Å². The molecule has 0 amide bonds. The van der Waals surface area contributed by atoms with Crippen LogP contribution in [0.5, 0.6) is 0 Å². The van der Waals surface area contributed by atoms with Gasteiger partial charge in [0.15, 0.2) is 23.1 Å². The van der Waals surface area contributed by atoms with Crippen LogP contribution >= 0.6 is 15.9 Å². The number of carbonyl (C=O) groups excluding carboxylic acids is 4. The number of halogens is 1. The van der Waals surface area contributed by atoms with Gasteiger partial charge in [0.1, 0.15) is 26.4 Å². The minimum absolute atomic E-state index is 0.0119. The third-order valence-electron chi connectivity index (χ3n) is 13.9. The van der Waals surface area contributed by atoms with Gasteiger partial charge in [-0.15, -0.1) is 0 Å². The highest BCUT2D eigenvalue weighted by Crippen LogP contribution is 2.29. The zero-order valence-electron chi connectivity index (χ0n) is 48.3. The molecule has 446 valence electrons. The monoisotopic (exact) mass is 1250 g/mol. The molecule has 0 saturated heterocycles. The number of Topliss-reactive ketones (excluding diaryl/α,β-unsaturated/α-hetero) is 4. The Hall–Kier alpha value is -7.36. The molecule has 0 radical (unpaired) electrons. The molecule has 0 spiro atoms. The number of aromatic nitrogens is 4. The predicted molar refractivity (Wildman–Crippen MR) is 334 cm³/mol. The van der Waals surface area contributed by atoms with Crippen molar-refractivity contribution in [2.24, 2.45) is 10.3 Å². The molecule has 0 bridgehead atoms. The van der Waals surface area contributed by atoms with Crippen molar-refractivity contribution < 1.29 is 45.5 Å². The van der Waals surface area contributed by atoms with E-state index in [-0.39, 0.29) is 72.2 Å². The van der Waals surface area contributed by atoms with Crippen molar-refractivity contribution in [3.05, 3.63) is 201 Å². The number of hydrogen-bond acceptors (Lipinski definition) is 12. The van der Waals surface area contributed by atoms with E-state index in [2.05, 4.69) is 29.8 Å². The number of hydrogen-bond donors (Lipinski definition) is 2. The Kier molecular flexibility index (Phi) is 24.3. The molecule has 85 heavy (non-hydrogen) atoms. The average Bonchev–Trinajstić information content (AvgIpc) is 3.07. The summed E-state index contributed by atoms with van der Waals surface area (Å²) >= 11 is 3.48. The maximum atomic E-state index is 12.4. The lowest BCUT2D eigenvalue weighted by molar-refractivity contribution is -0.129. The summed E-state index contributed by atoms with van der Waals surface area (Å²) in [5.74, 6) is -0.0643. The molecule has 16 nitrogen and oxygen atoms in total. The van der Waals surface area contributed by atoms with Crippen molar-refractivity contribution in [1.29, 1.82) is 0 Å². The molecule has 8 aromatic rings. The van der Waals surface area contributed by atoms with Crippen LogP contribution in [0, 0.1) is 6.92 Å². The third kappa shape index (κ3) is 20.7. The second-order valence-electron chi connectivity index (χ2n) is 21.1. The second-order valence-corrected chi connectivity index (χ2v) is 25.1. The minimum atomic E-state index is -3.81. The smallest absolute Gasteiger partial charge is 0.238 e. The van der Waals surface area contributed by atoms with Crippen LogP contribution in [0.2, 0.25) is 0 Å². The highest BCUT2D eigenvalue weighted by Gasteiger charge is 2.18. The van der Waals surface area contributed by atoms with E-state index in [0.29, 0.717) is 37.1 Å². The fourth-order valence-corrected chi connectivity index (χ4v) is 10.6. The molecular weight excluding hydrogens is 1180 g/mol. The summed E-state index contributed by atoms with van der Waals surface area (Å²) in [5, 5.41) is 20.2.